The SMILES string of the molecule is Cc1nc(NCCc2nnc3n2CCNC3=O)c2c(C)csc2n1. The van der Waals surface area contributed by atoms with Crippen molar-refractivity contribution in [2.75, 3.05) is 18.4 Å². The number of nitrogens with one attached hydrogen (secondary N) is 2. The fourth-order valence-corrected chi connectivity index (χ4v) is 3.86. The fourth-order valence-electron chi connectivity index (χ4n) is 2.89. The van der Waals surface area contributed by atoms with Gasteiger partial charge in [-0.05, 0) is 24.8 Å². The van der Waals surface area contributed by atoms with Crippen LogP contribution in [0.25, 0.3) is 10.2 Å². The molecule has 9 heteroatoms. The Balaban J connectivity index is 1.53. The van der Waals surface area contributed by atoms with E-state index in [1.807, 2.05) is 11.5 Å². The molecular weight excluding hydrogens is 326 g/mol. The summed E-state index contributed by atoms with van der Waals surface area (Å²) in [6.07, 6.45) is 0.675. The number of rotatable bonds is 4. The third-order valence-electron chi connectivity index (χ3n) is 4.02. The van der Waals surface area contributed by atoms with E-state index in [1.165, 1.54) is 5.56 Å². The highest BCUT2D eigenvalue weighted by atomic mass is 32.1. The lowest BCUT2D eigenvalue weighted by molar-refractivity contribution is 0.0921. The Morgan fingerprint density at radius 3 is 3.08 bits per heavy atom. The van der Waals surface area contributed by atoms with Gasteiger partial charge in [-0.3, -0.25) is 4.79 Å². The van der Waals surface area contributed by atoms with Crippen molar-refractivity contribution in [3.63, 3.8) is 0 Å². The lowest BCUT2D eigenvalue weighted by Gasteiger charge is -2.15. The third kappa shape index (κ3) is 2.50. The summed E-state index contributed by atoms with van der Waals surface area (Å²) in [7, 11) is 0. The van der Waals surface area contributed by atoms with Crippen LogP contribution in [0, 0.1) is 13.8 Å². The first kappa shape index (κ1) is 15.0. The molecule has 1 aliphatic heterocycles. The molecule has 124 valence electrons. The molecule has 0 spiro atoms. The van der Waals surface area contributed by atoms with Crippen molar-refractivity contribution in [3.8, 4) is 0 Å². The van der Waals surface area contributed by atoms with Gasteiger partial charge in [0.2, 0.25) is 5.82 Å². The highest BCUT2D eigenvalue weighted by molar-refractivity contribution is 7.17. The number of carbonyl (C=O) groups is 1. The van der Waals surface area contributed by atoms with Gasteiger partial charge in [0.15, 0.2) is 0 Å². The van der Waals surface area contributed by atoms with E-state index in [-0.39, 0.29) is 5.91 Å². The van der Waals surface area contributed by atoms with Crippen molar-refractivity contribution < 1.29 is 4.79 Å². The van der Waals surface area contributed by atoms with Gasteiger partial charge in [0.25, 0.3) is 5.91 Å². The lowest BCUT2D eigenvalue weighted by Crippen LogP contribution is -2.36. The Hall–Kier alpha value is -2.55. The van der Waals surface area contributed by atoms with Gasteiger partial charge in [0, 0.05) is 26.1 Å². The Morgan fingerprint density at radius 1 is 1.33 bits per heavy atom. The Labute approximate surface area is 142 Å². The molecule has 0 radical (unpaired) electrons. The molecule has 3 aromatic rings. The summed E-state index contributed by atoms with van der Waals surface area (Å²) in [6.45, 7) is 5.96. The van der Waals surface area contributed by atoms with Crippen LogP contribution in [-0.2, 0) is 13.0 Å². The number of nitrogens with zero attached hydrogens (tertiary/aromatic N) is 5. The van der Waals surface area contributed by atoms with Gasteiger partial charge in [-0.25, -0.2) is 9.97 Å². The second-order valence-corrected chi connectivity index (χ2v) is 6.60. The number of aromatic nitrogens is 5. The first-order valence-corrected chi connectivity index (χ1v) is 8.68. The minimum Gasteiger partial charge on any atom is -0.369 e. The maximum absolute atomic E-state index is 11.7. The van der Waals surface area contributed by atoms with Crippen LogP contribution >= 0.6 is 11.3 Å². The molecule has 0 aliphatic carbocycles. The lowest BCUT2D eigenvalue weighted by atomic mass is 10.2. The van der Waals surface area contributed by atoms with Crippen molar-refractivity contribution in [3.05, 3.63) is 28.4 Å². The van der Waals surface area contributed by atoms with Crippen LogP contribution in [0.4, 0.5) is 5.82 Å². The maximum Gasteiger partial charge on any atom is 0.289 e. The monoisotopic (exact) mass is 343 g/mol. The summed E-state index contributed by atoms with van der Waals surface area (Å²) in [5.74, 6) is 2.66. The van der Waals surface area contributed by atoms with E-state index in [0.717, 1.165) is 27.7 Å². The molecule has 0 atom stereocenters. The minimum absolute atomic E-state index is 0.157. The molecule has 1 aliphatic rings. The zero-order valence-electron chi connectivity index (χ0n) is 13.5. The van der Waals surface area contributed by atoms with E-state index in [4.69, 9.17) is 0 Å². The Kier molecular flexibility index (Phi) is 3.64. The number of thiophene rings is 1. The first-order valence-electron chi connectivity index (χ1n) is 7.80. The highest BCUT2D eigenvalue weighted by Gasteiger charge is 2.22. The molecule has 0 saturated carbocycles. The quantitative estimate of drug-likeness (QED) is 0.741. The number of carbonyl (C=O) groups excluding carboxylic acids is 1. The molecule has 24 heavy (non-hydrogen) atoms. The molecule has 4 rings (SSSR count). The Bertz CT molecular complexity index is 929. The summed E-state index contributed by atoms with van der Waals surface area (Å²) in [4.78, 5) is 21.7. The molecule has 0 aromatic carbocycles. The highest BCUT2D eigenvalue weighted by Crippen LogP contribution is 2.29. The van der Waals surface area contributed by atoms with Gasteiger partial charge >= 0.3 is 0 Å². The molecule has 0 bridgehead atoms. The largest absolute Gasteiger partial charge is 0.369 e. The van der Waals surface area contributed by atoms with Gasteiger partial charge < -0.3 is 15.2 Å². The van der Waals surface area contributed by atoms with E-state index in [2.05, 4.69) is 43.1 Å². The average molecular weight is 343 g/mol. The van der Waals surface area contributed by atoms with Gasteiger partial charge in [0.1, 0.15) is 22.3 Å². The summed E-state index contributed by atoms with van der Waals surface area (Å²) in [6, 6.07) is 0. The standard InChI is InChI=1S/C15H17N7OS/c1-8-7-24-15-11(8)12(18-9(2)19-15)16-4-3-10-20-21-13-14(23)17-5-6-22(10)13/h7H,3-6H2,1-2H3,(H,17,23)(H,16,18,19). The predicted octanol–water partition coefficient (Wildman–Crippen LogP) is 1.30. The van der Waals surface area contributed by atoms with Crippen molar-refractivity contribution in [2.45, 2.75) is 26.8 Å². The molecule has 4 heterocycles. The van der Waals surface area contributed by atoms with Crippen LogP contribution in [0.3, 0.4) is 0 Å². The van der Waals surface area contributed by atoms with Crippen LogP contribution < -0.4 is 10.6 Å². The van der Waals surface area contributed by atoms with Crippen molar-refractivity contribution >= 4 is 33.3 Å². The van der Waals surface area contributed by atoms with Crippen molar-refractivity contribution in [2.24, 2.45) is 0 Å². The summed E-state index contributed by atoms with van der Waals surface area (Å²) in [5.41, 5.74) is 1.18. The number of hydrogen-bond acceptors (Lipinski definition) is 7. The van der Waals surface area contributed by atoms with Crippen LogP contribution in [0.5, 0.6) is 0 Å². The van der Waals surface area contributed by atoms with Crippen LogP contribution in [0.15, 0.2) is 5.38 Å². The smallest absolute Gasteiger partial charge is 0.289 e. The molecule has 0 saturated heterocycles. The van der Waals surface area contributed by atoms with Gasteiger partial charge in [0.05, 0.1) is 5.39 Å². The van der Waals surface area contributed by atoms with E-state index in [9.17, 15) is 4.79 Å². The molecule has 0 unspecified atom stereocenters. The average Bonchev–Trinajstić information content (AvgIpc) is 3.13. The topological polar surface area (TPSA) is 97.6 Å². The van der Waals surface area contributed by atoms with Crippen molar-refractivity contribution in [1.82, 2.24) is 30.0 Å². The van der Waals surface area contributed by atoms with Crippen molar-refractivity contribution in [1.29, 1.82) is 0 Å². The molecule has 0 fully saturated rings. The summed E-state index contributed by atoms with van der Waals surface area (Å²) >= 11 is 1.63. The van der Waals surface area contributed by atoms with Crippen LogP contribution in [-0.4, -0.2) is 43.7 Å². The number of fused-ring (bicyclic) bond motifs is 2. The second-order valence-electron chi connectivity index (χ2n) is 5.74. The predicted molar refractivity (Wildman–Crippen MR) is 91.4 cm³/mol. The number of aryl methyl sites for hydroxylation is 2. The summed E-state index contributed by atoms with van der Waals surface area (Å²) in [5, 5.41) is 17.5. The van der Waals surface area contributed by atoms with E-state index < -0.39 is 0 Å². The van der Waals surface area contributed by atoms with Crippen LogP contribution in [0.2, 0.25) is 0 Å². The zero-order valence-corrected chi connectivity index (χ0v) is 14.3. The summed E-state index contributed by atoms with van der Waals surface area (Å²) < 4.78 is 1.89. The minimum atomic E-state index is -0.157. The number of hydrogen-bond donors (Lipinski definition) is 2. The Morgan fingerprint density at radius 2 is 2.21 bits per heavy atom. The van der Waals surface area contributed by atoms with Crippen LogP contribution in [0.1, 0.15) is 27.8 Å². The molecule has 8 nitrogen and oxygen atoms in total. The van der Waals surface area contributed by atoms with E-state index in [1.54, 1.807) is 11.3 Å². The molecule has 2 N–H and O–H groups in total. The molecule has 1 amide bonds. The number of amides is 1. The van der Waals surface area contributed by atoms with Gasteiger partial charge in [-0.1, -0.05) is 0 Å². The first-order chi connectivity index (χ1) is 11.6. The van der Waals surface area contributed by atoms with E-state index >= 15 is 0 Å². The second kappa shape index (κ2) is 5.82. The van der Waals surface area contributed by atoms with Gasteiger partial charge in [-0.2, -0.15) is 0 Å². The molecular formula is C15H17N7OS. The number of anilines is 1. The van der Waals surface area contributed by atoms with Gasteiger partial charge in [-0.15, -0.1) is 21.5 Å². The maximum atomic E-state index is 11.7. The van der Waals surface area contributed by atoms with E-state index in [0.29, 0.717) is 31.9 Å². The fraction of sp³-hybridized carbons (Fsp3) is 0.400. The molecule has 3 aromatic heterocycles. The normalized spacial score (nSPS) is 13.8. The third-order valence-corrected chi connectivity index (χ3v) is 5.01. The zero-order chi connectivity index (χ0) is 16.7.